The van der Waals surface area contributed by atoms with Crippen molar-refractivity contribution in [1.29, 1.82) is 0 Å². The van der Waals surface area contributed by atoms with Crippen LogP contribution in [0.5, 0.6) is 5.75 Å². The SMILES string of the molecule is CCOCc1cc(C(=O)N[C@H](C)CCc2ccccc2)ccc1OC. The topological polar surface area (TPSA) is 47.6 Å². The summed E-state index contributed by atoms with van der Waals surface area (Å²) in [6.07, 6.45) is 1.85. The van der Waals surface area contributed by atoms with Gasteiger partial charge in [0.25, 0.3) is 5.91 Å². The van der Waals surface area contributed by atoms with E-state index in [9.17, 15) is 4.79 Å². The zero-order chi connectivity index (χ0) is 18.1. The van der Waals surface area contributed by atoms with Gasteiger partial charge in [-0.2, -0.15) is 0 Å². The predicted molar refractivity (Wildman–Crippen MR) is 100 cm³/mol. The summed E-state index contributed by atoms with van der Waals surface area (Å²) in [5.74, 6) is 0.670. The van der Waals surface area contributed by atoms with Crippen molar-refractivity contribution < 1.29 is 14.3 Å². The highest BCUT2D eigenvalue weighted by molar-refractivity contribution is 5.94. The molecule has 0 aliphatic heterocycles. The molecule has 0 aliphatic rings. The van der Waals surface area contributed by atoms with E-state index in [2.05, 4.69) is 17.4 Å². The number of hydrogen-bond donors (Lipinski definition) is 1. The second-order valence-electron chi connectivity index (χ2n) is 6.06. The van der Waals surface area contributed by atoms with Crippen molar-refractivity contribution in [3.8, 4) is 5.75 Å². The molecule has 0 fully saturated rings. The minimum absolute atomic E-state index is 0.0686. The second-order valence-corrected chi connectivity index (χ2v) is 6.06. The number of hydrogen-bond acceptors (Lipinski definition) is 3. The van der Waals surface area contributed by atoms with Crippen LogP contribution in [0.3, 0.4) is 0 Å². The number of carbonyl (C=O) groups excluding carboxylic acids is 1. The molecule has 1 N–H and O–H groups in total. The average molecular weight is 341 g/mol. The van der Waals surface area contributed by atoms with E-state index in [0.29, 0.717) is 18.8 Å². The Bertz CT molecular complexity index is 670. The number of amides is 1. The molecule has 4 nitrogen and oxygen atoms in total. The van der Waals surface area contributed by atoms with Crippen molar-refractivity contribution in [2.75, 3.05) is 13.7 Å². The summed E-state index contributed by atoms with van der Waals surface area (Å²) in [5.41, 5.74) is 2.79. The fraction of sp³-hybridized carbons (Fsp3) is 0.381. The van der Waals surface area contributed by atoms with Gasteiger partial charge >= 0.3 is 0 Å². The van der Waals surface area contributed by atoms with Crippen LogP contribution in [0.1, 0.15) is 41.8 Å². The van der Waals surface area contributed by atoms with Crippen LogP contribution >= 0.6 is 0 Å². The van der Waals surface area contributed by atoms with Gasteiger partial charge in [0, 0.05) is 23.8 Å². The van der Waals surface area contributed by atoms with Crippen LogP contribution in [-0.2, 0) is 17.8 Å². The minimum atomic E-state index is -0.0686. The molecule has 4 heteroatoms. The van der Waals surface area contributed by atoms with Crippen LogP contribution in [0.25, 0.3) is 0 Å². The van der Waals surface area contributed by atoms with Gasteiger partial charge < -0.3 is 14.8 Å². The first-order chi connectivity index (χ1) is 12.1. The molecule has 134 valence electrons. The van der Waals surface area contributed by atoms with Gasteiger partial charge in [-0.05, 0) is 50.5 Å². The van der Waals surface area contributed by atoms with Gasteiger partial charge in [-0.25, -0.2) is 0 Å². The molecule has 0 heterocycles. The first-order valence-corrected chi connectivity index (χ1v) is 8.73. The maximum atomic E-state index is 12.5. The number of aryl methyl sites for hydroxylation is 1. The van der Waals surface area contributed by atoms with Crippen LogP contribution in [-0.4, -0.2) is 25.7 Å². The third-order valence-electron chi connectivity index (χ3n) is 4.09. The van der Waals surface area contributed by atoms with Crippen molar-refractivity contribution in [3.63, 3.8) is 0 Å². The highest BCUT2D eigenvalue weighted by atomic mass is 16.5. The van der Waals surface area contributed by atoms with Gasteiger partial charge in [-0.1, -0.05) is 30.3 Å². The molecule has 0 aliphatic carbocycles. The van der Waals surface area contributed by atoms with Gasteiger partial charge in [0.1, 0.15) is 5.75 Å². The van der Waals surface area contributed by atoms with Crippen molar-refractivity contribution in [1.82, 2.24) is 5.32 Å². The number of rotatable bonds is 9. The Morgan fingerprint density at radius 1 is 1.16 bits per heavy atom. The zero-order valence-corrected chi connectivity index (χ0v) is 15.2. The van der Waals surface area contributed by atoms with Crippen molar-refractivity contribution >= 4 is 5.91 Å². The predicted octanol–water partition coefficient (Wildman–Crippen LogP) is 3.98. The monoisotopic (exact) mass is 341 g/mol. The summed E-state index contributed by atoms with van der Waals surface area (Å²) >= 11 is 0. The molecule has 0 saturated heterocycles. The summed E-state index contributed by atoms with van der Waals surface area (Å²) in [6.45, 7) is 5.03. The molecule has 0 saturated carbocycles. The standard InChI is InChI=1S/C21H27NO3/c1-4-25-15-19-14-18(12-13-20(19)24-3)21(23)22-16(2)10-11-17-8-6-5-7-9-17/h5-9,12-14,16H,4,10-11,15H2,1-3H3,(H,22,23)/t16-/m1/s1. The lowest BCUT2D eigenvalue weighted by atomic mass is 10.1. The molecule has 0 spiro atoms. The molecule has 1 amide bonds. The van der Waals surface area contributed by atoms with E-state index in [1.165, 1.54) is 5.56 Å². The van der Waals surface area contributed by atoms with E-state index in [4.69, 9.17) is 9.47 Å². The summed E-state index contributed by atoms with van der Waals surface area (Å²) < 4.78 is 10.8. The molecule has 2 aromatic rings. The Morgan fingerprint density at radius 3 is 2.60 bits per heavy atom. The van der Waals surface area contributed by atoms with Gasteiger partial charge in [0.15, 0.2) is 0 Å². The van der Waals surface area contributed by atoms with Gasteiger partial charge in [0.2, 0.25) is 0 Å². The van der Waals surface area contributed by atoms with Crippen molar-refractivity contribution in [2.45, 2.75) is 39.3 Å². The first-order valence-electron chi connectivity index (χ1n) is 8.73. The van der Waals surface area contributed by atoms with Gasteiger partial charge in [0.05, 0.1) is 13.7 Å². The van der Waals surface area contributed by atoms with E-state index < -0.39 is 0 Å². The lowest BCUT2D eigenvalue weighted by molar-refractivity contribution is 0.0937. The molecule has 0 radical (unpaired) electrons. The van der Waals surface area contributed by atoms with Crippen LogP contribution in [0.4, 0.5) is 0 Å². The van der Waals surface area contributed by atoms with E-state index in [1.54, 1.807) is 13.2 Å². The van der Waals surface area contributed by atoms with Crippen LogP contribution < -0.4 is 10.1 Å². The fourth-order valence-corrected chi connectivity index (χ4v) is 2.65. The summed E-state index contributed by atoms with van der Waals surface area (Å²) in [4.78, 5) is 12.5. The molecule has 2 rings (SSSR count). The number of nitrogens with one attached hydrogen (secondary N) is 1. The number of benzene rings is 2. The normalized spacial score (nSPS) is 11.8. The maximum Gasteiger partial charge on any atom is 0.251 e. The Balaban J connectivity index is 1.94. The third-order valence-corrected chi connectivity index (χ3v) is 4.09. The fourth-order valence-electron chi connectivity index (χ4n) is 2.65. The molecular formula is C21H27NO3. The Labute approximate surface area is 150 Å². The summed E-state index contributed by atoms with van der Waals surface area (Å²) in [7, 11) is 1.62. The maximum absolute atomic E-state index is 12.5. The second kappa shape index (κ2) is 9.84. The molecule has 2 aromatic carbocycles. The lowest BCUT2D eigenvalue weighted by Gasteiger charge is -2.15. The molecule has 1 atom stereocenters. The lowest BCUT2D eigenvalue weighted by Crippen LogP contribution is -2.33. The van der Waals surface area contributed by atoms with Crippen molar-refractivity contribution in [2.24, 2.45) is 0 Å². The van der Waals surface area contributed by atoms with Crippen molar-refractivity contribution in [3.05, 3.63) is 65.2 Å². The molecule has 0 bridgehead atoms. The summed E-state index contributed by atoms with van der Waals surface area (Å²) in [5, 5.41) is 3.07. The van der Waals surface area contributed by atoms with Gasteiger partial charge in [-0.3, -0.25) is 4.79 Å². The Morgan fingerprint density at radius 2 is 1.92 bits per heavy atom. The zero-order valence-electron chi connectivity index (χ0n) is 15.2. The van der Waals surface area contributed by atoms with E-state index in [1.807, 2.05) is 44.2 Å². The molecular weight excluding hydrogens is 314 g/mol. The van der Waals surface area contributed by atoms with Crippen LogP contribution in [0.2, 0.25) is 0 Å². The van der Waals surface area contributed by atoms with E-state index >= 15 is 0 Å². The number of ether oxygens (including phenoxy) is 2. The van der Waals surface area contributed by atoms with Crippen LogP contribution in [0.15, 0.2) is 48.5 Å². The third kappa shape index (κ3) is 5.91. The average Bonchev–Trinajstić information content (AvgIpc) is 2.65. The minimum Gasteiger partial charge on any atom is -0.496 e. The molecule has 0 unspecified atom stereocenters. The Hall–Kier alpha value is -2.33. The molecule has 25 heavy (non-hydrogen) atoms. The number of methoxy groups -OCH3 is 1. The first kappa shape index (κ1) is 19.0. The van der Waals surface area contributed by atoms with Gasteiger partial charge in [-0.15, -0.1) is 0 Å². The smallest absolute Gasteiger partial charge is 0.251 e. The quantitative estimate of drug-likeness (QED) is 0.750. The summed E-state index contributed by atoms with van der Waals surface area (Å²) in [6, 6.07) is 15.9. The Kier molecular flexibility index (Phi) is 7.48. The van der Waals surface area contributed by atoms with E-state index in [0.717, 1.165) is 24.2 Å². The van der Waals surface area contributed by atoms with E-state index in [-0.39, 0.29) is 11.9 Å². The highest BCUT2D eigenvalue weighted by Gasteiger charge is 2.13. The highest BCUT2D eigenvalue weighted by Crippen LogP contribution is 2.21. The largest absolute Gasteiger partial charge is 0.496 e. The molecule has 0 aromatic heterocycles. The van der Waals surface area contributed by atoms with Crippen LogP contribution in [0, 0.1) is 0 Å². The number of carbonyl (C=O) groups is 1.